The summed E-state index contributed by atoms with van der Waals surface area (Å²) >= 11 is 0. The third kappa shape index (κ3) is 10.1. The summed E-state index contributed by atoms with van der Waals surface area (Å²) in [4.78, 5) is 60.5. The van der Waals surface area contributed by atoms with Crippen molar-refractivity contribution in [3.63, 3.8) is 0 Å². The number of carbonyl (C=O) groups is 4. The molecule has 0 bridgehead atoms. The van der Waals surface area contributed by atoms with E-state index in [4.69, 9.17) is 0 Å². The molecule has 5 atom stereocenters. The number of nitrogens with zero attached hydrogens (tertiary/aromatic N) is 3. The minimum Gasteiger partial charge on any atom is -0.394 e. The van der Waals surface area contributed by atoms with Gasteiger partial charge in [0.25, 0.3) is 0 Å². The molecule has 4 amide bonds. The lowest BCUT2D eigenvalue weighted by molar-refractivity contribution is -0.142. The second-order valence-electron chi connectivity index (χ2n) is 15.4. The van der Waals surface area contributed by atoms with Gasteiger partial charge in [0.1, 0.15) is 12.1 Å². The maximum absolute atomic E-state index is 14.2. The van der Waals surface area contributed by atoms with E-state index in [9.17, 15) is 24.3 Å². The highest BCUT2D eigenvalue weighted by Gasteiger charge is 2.40. The molecule has 48 heavy (non-hydrogen) atoms. The molecule has 0 aromatic heterocycles. The van der Waals surface area contributed by atoms with Crippen molar-refractivity contribution in [1.29, 1.82) is 0 Å². The number of aliphatic hydroxyl groups excluding tert-OH is 1. The van der Waals surface area contributed by atoms with Gasteiger partial charge in [-0.1, -0.05) is 77.4 Å². The molecule has 2 aliphatic rings. The van der Waals surface area contributed by atoms with Crippen molar-refractivity contribution >= 4 is 23.6 Å². The molecule has 3 N–H and O–H groups in total. The average molecular weight is 668 g/mol. The smallest absolute Gasteiger partial charge is 0.249 e. The number of aliphatic hydroxyl groups is 1. The molecule has 1 aromatic carbocycles. The molecule has 0 saturated carbocycles. The highest BCUT2D eigenvalue weighted by Crippen LogP contribution is 2.27. The first-order chi connectivity index (χ1) is 22.6. The lowest BCUT2D eigenvalue weighted by Crippen LogP contribution is -2.60. The van der Waals surface area contributed by atoms with E-state index in [2.05, 4.69) is 29.4 Å². The van der Waals surface area contributed by atoms with Gasteiger partial charge in [0, 0.05) is 25.2 Å². The highest BCUT2D eigenvalue weighted by molar-refractivity contribution is 5.97. The van der Waals surface area contributed by atoms with Gasteiger partial charge in [-0.05, 0) is 76.3 Å². The van der Waals surface area contributed by atoms with Crippen LogP contribution in [-0.4, -0.2) is 106 Å². The molecule has 10 nitrogen and oxygen atoms in total. The van der Waals surface area contributed by atoms with Gasteiger partial charge >= 0.3 is 0 Å². The van der Waals surface area contributed by atoms with Crippen molar-refractivity contribution in [2.75, 3.05) is 26.7 Å². The van der Waals surface area contributed by atoms with Crippen LogP contribution in [0.4, 0.5) is 0 Å². The first-order valence-electron chi connectivity index (χ1n) is 17.8. The molecule has 2 saturated heterocycles. The Hall–Kier alpha value is -3.24. The van der Waals surface area contributed by atoms with E-state index in [1.54, 1.807) is 23.8 Å². The zero-order valence-electron chi connectivity index (χ0n) is 30.8. The number of nitrogens with one attached hydrogen (secondary N) is 2. The van der Waals surface area contributed by atoms with Crippen LogP contribution < -0.4 is 10.6 Å². The number of hydrogen-bond acceptors (Lipinski definition) is 6. The lowest BCUT2D eigenvalue weighted by Gasteiger charge is -2.41. The summed E-state index contributed by atoms with van der Waals surface area (Å²) in [7, 11) is 1.74. The van der Waals surface area contributed by atoms with Gasteiger partial charge in [-0.25, -0.2) is 0 Å². The monoisotopic (exact) mass is 667 g/mol. The summed E-state index contributed by atoms with van der Waals surface area (Å²) in [5.74, 6) is -0.846. The Bertz CT molecular complexity index is 1270. The molecule has 268 valence electrons. The summed E-state index contributed by atoms with van der Waals surface area (Å²) in [6.45, 7) is 16.9. The van der Waals surface area contributed by atoms with Crippen LogP contribution in [0.2, 0.25) is 0 Å². The van der Waals surface area contributed by atoms with Crippen LogP contribution in [0.5, 0.6) is 0 Å². The Morgan fingerprint density at radius 2 is 1.56 bits per heavy atom. The van der Waals surface area contributed by atoms with E-state index in [1.807, 2.05) is 71.0 Å². The molecule has 0 spiro atoms. The molecule has 0 radical (unpaired) electrons. The minimum atomic E-state index is -0.751. The standard InChI is InChI=1S/C38H61N5O5/c1-25(2)32(41(9)37(48)33(38(6,7)8)40-35(46)30-18-13-14-20-42(30)26(3)4)22-27(5)36(47)43-21-15-19-31(43)34(45)39-29(24-44)23-28-16-11-10-12-17-28/h10-12,16-17,22,25-26,29-33,44H,13-15,18-21,23-24H2,1-9H3,(H,39,45)(H,40,46)/b27-22+/t29-,30+,31?,32+,33+/m0/s1. The van der Waals surface area contributed by atoms with Crippen LogP contribution in [0, 0.1) is 11.3 Å². The summed E-state index contributed by atoms with van der Waals surface area (Å²) < 4.78 is 0. The van der Waals surface area contributed by atoms with E-state index >= 15 is 0 Å². The second kappa shape index (κ2) is 17.4. The SMILES string of the molecule is C/C(=C\[C@H](C(C)C)N(C)C(=O)[C@@H](NC(=O)[C@H]1CCCCN1C(C)C)C(C)(C)C)C(=O)N1CCCC1C(=O)N[C@H](CO)Cc1ccccc1. The zero-order valence-corrected chi connectivity index (χ0v) is 30.8. The van der Waals surface area contributed by atoms with Gasteiger partial charge < -0.3 is 25.5 Å². The van der Waals surface area contributed by atoms with Gasteiger partial charge in [-0.3, -0.25) is 24.1 Å². The number of rotatable bonds is 13. The van der Waals surface area contributed by atoms with Crippen molar-refractivity contribution in [2.24, 2.45) is 11.3 Å². The number of likely N-dealkylation sites (N-methyl/N-ethyl adjacent to an activating group) is 1. The number of carbonyl (C=O) groups excluding carboxylic acids is 4. The summed E-state index contributed by atoms with van der Waals surface area (Å²) in [6.07, 6.45) is 6.38. The molecule has 3 rings (SSSR count). The average Bonchev–Trinajstić information content (AvgIpc) is 3.54. The molecular weight excluding hydrogens is 606 g/mol. The summed E-state index contributed by atoms with van der Waals surface area (Å²) in [5.41, 5.74) is 0.924. The van der Waals surface area contributed by atoms with Crippen molar-refractivity contribution in [3.05, 3.63) is 47.5 Å². The van der Waals surface area contributed by atoms with Gasteiger partial charge in [-0.2, -0.15) is 0 Å². The molecule has 2 aliphatic heterocycles. The van der Waals surface area contributed by atoms with Crippen molar-refractivity contribution in [2.45, 2.75) is 130 Å². The van der Waals surface area contributed by atoms with Crippen LogP contribution >= 0.6 is 0 Å². The number of amides is 4. The summed E-state index contributed by atoms with van der Waals surface area (Å²) in [6, 6.07) is 7.39. The van der Waals surface area contributed by atoms with E-state index in [0.717, 1.165) is 31.4 Å². The van der Waals surface area contributed by atoms with Crippen molar-refractivity contribution in [3.8, 4) is 0 Å². The Morgan fingerprint density at radius 3 is 2.15 bits per heavy atom. The highest BCUT2D eigenvalue weighted by atomic mass is 16.3. The normalized spacial score (nSPS) is 21.2. The van der Waals surface area contributed by atoms with Crippen LogP contribution in [-0.2, 0) is 25.6 Å². The van der Waals surface area contributed by atoms with E-state index in [-0.39, 0.29) is 48.2 Å². The molecule has 2 fully saturated rings. The fourth-order valence-electron chi connectivity index (χ4n) is 7.04. The predicted octanol–water partition coefficient (Wildman–Crippen LogP) is 3.92. The first-order valence-corrected chi connectivity index (χ1v) is 17.8. The van der Waals surface area contributed by atoms with E-state index < -0.39 is 29.6 Å². The fourth-order valence-corrected chi connectivity index (χ4v) is 7.04. The first kappa shape index (κ1) is 39.2. The predicted molar refractivity (Wildman–Crippen MR) is 190 cm³/mol. The molecule has 10 heteroatoms. The Labute approximate surface area is 288 Å². The molecular formula is C38H61N5O5. The van der Waals surface area contributed by atoms with Crippen LogP contribution in [0.1, 0.15) is 93.1 Å². The number of benzene rings is 1. The molecule has 1 unspecified atom stereocenters. The molecule has 0 aliphatic carbocycles. The lowest BCUT2D eigenvalue weighted by atomic mass is 9.84. The van der Waals surface area contributed by atoms with Gasteiger partial charge in [0.15, 0.2) is 0 Å². The Kier molecular flexibility index (Phi) is 14.2. The van der Waals surface area contributed by atoms with Crippen molar-refractivity contribution in [1.82, 2.24) is 25.3 Å². The zero-order chi connectivity index (χ0) is 35.8. The number of likely N-dealkylation sites (tertiary alicyclic amines) is 2. The van der Waals surface area contributed by atoms with Gasteiger partial charge in [0.05, 0.1) is 24.7 Å². The third-order valence-corrected chi connectivity index (χ3v) is 9.85. The van der Waals surface area contributed by atoms with Crippen LogP contribution in [0.15, 0.2) is 42.0 Å². The number of piperidine rings is 1. The van der Waals surface area contributed by atoms with Gasteiger partial charge in [-0.15, -0.1) is 0 Å². The Balaban J connectivity index is 1.75. The summed E-state index contributed by atoms with van der Waals surface area (Å²) in [5, 5.41) is 16.1. The van der Waals surface area contributed by atoms with Crippen molar-refractivity contribution < 1.29 is 24.3 Å². The molecule has 2 heterocycles. The topological polar surface area (TPSA) is 122 Å². The largest absolute Gasteiger partial charge is 0.394 e. The van der Waals surface area contributed by atoms with E-state index in [0.29, 0.717) is 31.4 Å². The Morgan fingerprint density at radius 1 is 0.938 bits per heavy atom. The maximum Gasteiger partial charge on any atom is 0.249 e. The minimum absolute atomic E-state index is 0.0197. The third-order valence-electron chi connectivity index (χ3n) is 9.85. The molecule has 1 aromatic rings. The maximum atomic E-state index is 14.2. The number of hydrogen-bond donors (Lipinski definition) is 3. The van der Waals surface area contributed by atoms with Crippen LogP contribution in [0.3, 0.4) is 0 Å². The second-order valence-corrected chi connectivity index (χ2v) is 15.4. The van der Waals surface area contributed by atoms with E-state index in [1.165, 1.54) is 0 Å². The quantitative estimate of drug-likeness (QED) is 0.274. The fraction of sp³-hybridized carbons (Fsp3) is 0.684. The van der Waals surface area contributed by atoms with Crippen LogP contribution in [0.25, 0.3) is 0 Å². The van der Waals surface area contributed by atoms with Gasteiger partial charge in [0.2, 0.25) is 23.6 Å².